The predicted octanol–water partition coefficient (Wildman–Crippen LogP) is 0.957. The molecule has 0 atom stereocenters. The second kappa shape index (κ2) is 9.56. The minimum absolute atomic E-state index is 0.261. The van der Waals surface area contributed by atoms with Crippen LogP contribution in [0, 0.1) is 0 Å². The number of hydrogen-bond donors (Lipinski definition) is 1. The maximum Gasteiger partial charge on any atom is 0.223 e. The fraction of sp³-hybridized carbons (Fsp3) is 0.588. The van der Waals surface area contributed by atoms with Crippen molar-refractivity contribution >= 4 is 5.91 Å². The van der Waals surface area contributed by atoms with E-state index in [1.165, 1.54) is 5.56 Å². The average molecular weight is 305 g/mol. The first kappa shape index (κ1) is 16.9. The number of nitrogens with one attached hydrogen (secondary N) is 1. The van der Waals surface area contributed by atoms with Gasteiger partial charge in [0.25, 0.3) is 0 Å². The summed E-state index contributed by atoms with van der Waals surface area (Å²) in [6.07, 6.45) is 0.580. The van der Waals surface area contributed by atoms with Crippen LogP contribution >= 0.6 is 0 Å². The summed E-state index contributed by atoms with van der Waals surface area (Å²) in [7, 11) is 1.71. The molecule has 1 aromatic rings. The molecule has 0 spiro atoms. The molecule has 1 aliphatic rings. The third-order valence-corrected chi connectivity index (χ3v) is 3.97. The summed E-state index contributed by atoms with van der Waals surface area (Å²) in [6.45, 7) is 6.65. The lowest BCUT2D eigenvalue weighted by Crippen LogP contribution is -2.47. The normalized spacial score (nSPS) is 15.3. The number of hydrogen-bond acceptors (Lipinski definition) is 4. The highest BCUT2D eigenvalue weighted by atomic mass is 16.5. The summed E-state index contributed by atoms with van der Waals surface area (Å²) >= 11 is 0. The van der Waals surface area contributed by atoms with Crippen LogP contribution in [0.5, 0.6) is 0 Å². The summed E-state index contributed by atoms with van der Waals surface area (Å²) < 4.78 is 5.19. The Morgan fingerprint density at radius 3 is 2.64 bits per heavy atom. The van der Waals surface area contributed by atoms with E-state index < -0.39 is 0 Å². The van der Waals surface area contributed by atoms with Crippen LogP contribution in [0.15, 0.2) is 30.3 Å². The van der Waals surface area contributed by atoms with Gasteiger partial charge in [0, 0.05) is 59.3 Å². The molecule has 1 N–H and O–H groups in total. The van der Waals surface area contributed by atoms with Crippen molar-refractivity contribution in [2.24, 2.45) is 0 Å². The van der Waals surface area contributed by atoms with Gasteiger partial charge < -0.3 is 15.0 Å². The van der Waals surface area contributed by atoms with Gasteiger partial charge in [-0.15, -0.1) is 0 Å². The molecule has 1 saturated heterocycles. The molecule has 2 rings (SSSR count). The van der Waals surface area contributed by atoms with E-state index in [1.807, 2.05) is 11.0 Å². The molecule has 0 saturated carbocycles. The summed E-state index contributed by atoms with van der Waals surface area (Å²) in [5.41, 5.74) is 1.27. The van der Waals surface area contributed by atoms with Crippen molar-refractivity contribution < 1.29 is 9.53 Å². The Labute approximate surface area is 133 Å². The molecule has 0 aliphatic carbocycles. The van der Waals surface area contributed by atoms with Crippen LogP contribution in [-0.2, 0) is 16.1 Å². The van der Waals surface area contributed by atoms with E-state index in [4.69, 9.17) is 4.74 Å². The molecule has 5 nitrogen and oxygen atoms in total. The second-order valence-corrected chi connectivity index (χ2v) is 5.64. The number of benzene rings is 1. The lowest BCUT2D eigenvalue weighted by atomic mass is 10.2. The maximum atomic E-state index is 12.3. The third kappa shape index (κ3) is 5.75. The van der Waals surface area contributed by atoms with Crippen LogP contribution in [0.1, 0.15) is 12.0 Å². The van der Waals surface area contributed by atoms with Crippen LogP contribution in [0.25, 0.3) is 0 Å². The van der Waals surface area contributed by atoms with Gasteiger partial charge in [0.2, 0.25) is 5.91 Å². The minimum atomic E-state index is 0.261. The summed E-state index contributed by atoms with van der Waals surface area (Å²) in [5, 5.41) is 3.27. The number of methoxy groups -OCH3 is 1. The highest BCUT2D eigenvalue weighted by Crippen LogP contribution is 2.06. The number of nitrogens with zero attached hydrogens (tertiary/aromatic N) is 2. The van der Waals surface area contributed by atoms with Gasteiger partial charge in [-0.1, -0.05) is 30.3 Å². The van der Waals surface area contributed by atoms with Crippen molar-refractivity contribution in [1.82, 2.24) is 15.1 Å². The highest BCUT2D eigenvalue weighted by molar-refractivity contribution is 5.76. The molecular formula is C17H27N3O2. The number of piperazine rings is 1. The SMILES string of the molecule is COCCN(CCC(=O)N1CCNCC1)Cc1ccccc1. The molecule has 0 unspecified atom stereocenters. The second-order valence-electron chi connectivity index (χ2n) is 5.64. The zero-order valence-corrected chi connectivity index (χ0v) is 13.5. The predicted molar refractivity (Wildman–Crippen MR) is 87.7 cm³/mol. The monoisotopic (exact) mass is 305 g/mol. The number of ether oxygens (including phenoxy) is 1. The molecule has 0 aromatic heterocycles. The maximum absolute atomic E-state index is 12.3. The first-order valence-electron chi connectivity index (χ1n) is 8.03. The molecule has 1 aromatic carbocycles. The lowest BCUT2D eigenvalue weighted by Gasteiger charge is -2.29. The van der Waals surface area contributed by atoms with Crippen LogP contribution in [-0.4, -0.2) is 68.7 Å². The van der Waals surface area contributed by atoms with Gasteiger partial charge >= 0.3 is 0 Å². The van der Waals surface area contributed by atoms with Crippen molar-refractivity contribution in [2.45, 2.75) is 13.0 Å². The van der Waals surface area contributed by atoms with E-state index in [0.717, 1.165) is 45.8 Å². The Morgan fingerprint density at radius 2 is 1.95 bits per heavy atom. The van der Waals surface area contributed by atoms with Crippen molar-refractivity contribution in [2.75, 3.05) is 53.0 Å². The Bertz CT molecular complexity index is 433. The third-order valence-electron chi connectivity index (χ3n) is 3.97. The average Bonchev–Trinajstić information content (AvgIpc) is 2.58. The quantitative estimate of drug-likeness (QED) is 0.777. The fourth-order valence-corrected chi connectivity index (χ4v) is 2.66. The molecule has 0 radical (unpaired) electrons. The smallest absolute Gasteiger partial charge is 0.223 e. The molecule has 1 aliphatic heterocycles. The minimum Gasteiger partial charge on any atom is -0.383 e. The van der Waals surface area contributed by atoms with E-state index in [-0.39, 0.29) is 5.91 Å². The van der Waals surface area contributed by atoms with Gasteiger partial charge in [0.1, 0.15) is 0 Å². The number of rotatable bonds is 8. The van der Waals surface area contributed by atoms with Crippen LogP contribution in [0.2, 0.25) is 0 Å². The van der Waals surface area contributed by atoms with Crippen molar-refractivity contribution in [1.29, 1.82) is 0 Å². The van der Waals surface area contributed by atoms with Gasteiger partial charge in [0.15, 0.2) is 0 Å². The molecule has 1 amide bonds. The Hall–Kier alpha value is -1.43. The molecule has 1 heterocycles. The molecule has 0 bridgehead atoms. The standard InChI is InChI=1S/C17H27N3O2/c1-22-14-13-19(15-16-5-3-2-4-6-16)10-7-17(21)20-11-8-18-9-12-20/h2-6,18H,7-15H2,1H3. The highest BCUT2D eigenvalue weighted by Gasteiger charge is 2.17. The van der Waals surface area contributed by atoms with Gasteiger partial charge in [-0.05, 0) is 5.56 Å². The zero-order valence-electron chi connectivity index (χ0n) is 13.5. The molecule has 5 heteroatoms. The van der Waals surface area contributed by atoms with E-state index in [2.05, 4.69) is 34.5 Å². The largest absolute Gasteiger partial charge is 0.383 e. The number of carbonyl (C=O) groups is 1. The molecular weight excluding hydrogens is 278 g/mol. The van der Waals surface area contributed by atoms with Crippen molar-refractivity contribution in [3.05, 3.63) is 35.9 Å². The van der Waals surface area contributed by atoms with Crippen LogP contribution in [0.4, 0.5) is 0 Å². The Morgan fingerprint density at radius 1 is 1.23 bits per heavy atom. The first-order chi connectivity index (χ1) is 10.8. The number of amides is 1. The van der Waals surface area contributed by atoms with Gasteiger partial charge in [-0.25, -0.2) is 0 Å². The summed E-state index contributed by atoms with van der Waals surface area (Å²) in [6, 6.07) is 10.4. The van der Waals surface area contributed by atoms with Gasteiger partial charge in [-0.2, -0.15) is 0 Å². The molecule has 1 fully saturated rings. The fourth-order valence-electron chi connectivity index (χ4n) is 2.66. The van der Waals surface area contributed by atoms with Crippen LogP contribution in [0.3, 0.4) is 0 Å². The number of carbonyl (C=O) groups excluding carboxylic acids is 1. The Kier molecular flexibility index (Phi) is 7.36. The Balaban J connectivity index is 1.82. The lowest BCUT2D eigenvalue weighted by molar-refractivity contribution is -0.132. The molecule has 22 heavy (non-hydrogen) atoms. The van der Waals surface area contributed by atoms with Crippen molar-refractivity contribution in [3.63, 3.8) is 0 Å². The van der Waals surface area contributed by atoms with E-state index >= 15 is 0 Å². The van der Waals surface area contributed by atoms with E-state index in [0.29, 0.717) is 13.0 Å². The summed E-state index contributed by atoms with van der Waals surface area (Å²) in [4.78, 5) is 16.5. The van der Waals surface area contributed by atoms with Gasteiger partial charge in [0.05, 0.1) is 6.61 Å². The van der Waals surface area contributed by atoms with Crippen molar-refractivity contribution in [3.8, 4) is 0 Å². The first-order valence-corrected chi connectivity index (χ1v) is 8.03. The summed E-state index contributed by atoms with van der Waals surface area (Å²) in [5.74, 6) is 0.261. The zero-order chi connectivity index (χ0) is 15.6. The van der Waals surface area contributed by atoms with Gasteiger partial charge in [-0.3, -0.25) is 9.69 Å². The van der Waals surface area contributed by atoms with E-state index in [1.54, 1.807) is 7.11 Å². The van der Waals surface area contributed by atoms with E-state index in [9.17, 15) is 4.79 Å². The van der Waals surface area contributed by atoms with Crippen LogP contribution < -0.4 is 5.32 Å². The molecule has 122 valence electrons. The topological polar surface area (TPSA) is 44.8 Å².